The maximum absolute atomic E-state index is 11.0. The number of carbonyl (C=O) groups excluding carboxylic acids is 2. The van der Waals surface area contributed by atoms with Crippen LogP contribution in [0.1, 0.15) is 0 Å². The number of azide groups is 1. The number of morpholine rings is 1. The van der Waals surface area contributed by atoms with Crippen molar-refractivity contribution in [3.63, 3.8) is 0 Å². The Kier molecular flexibility index (Phi) is 9.92. The third-order valence-electron chi connectivity index (χ3n) is 2.63. The number of hydrogen-bond donors (Lipinski definition) is 0. The Morgan fingerprint density at radius 2 is 1.55 bits per heavy atom. The van der Waals surface area contributed by atoms with Gasteiger partial charge in [0.25, 0.3) is 0 Å². The van der Waals surface area contributed by atoms with Crippen LogP contribution in [0.2, 0.25) is 0 Å². The van der Waals surface area contributed by atoms with E-state index in [4.69, 9.17) is 19.7 Å². The van der Waals surface area contributed by atoms with E-state index in [0.29, 0.717) is 52.7 Å². The van der Waals surface area contributed by atoms with E-state index in [1.54, 1.807) is 4.90 Å². The first-order valence-corrected chi connectivity index (χ1v) is 6.92. The zero-order chi connectivity index (χ0) is 16.0. The summed E-state index contributed by atoms with van der Waals surface area (Å²) >= 11 is 0. The van der Waals surface area contributed by atoms with Crippen LogP contribution in [-0.2, 0) is 28.5 Å². The molecule has 124 valence electrons. The van der Waals surface area contributed by atoms with Crippen molar-refractivity contribution in [2.24, 2.45) is 5.11 Å². The molecule has 0 aromatic heterocycles. The van der Waals surface area contributed by atoms with E-state index in [-0.39, 0.29) is 13.1 Å². The fourth-order valence-electron chi connectivity index (χ4n) is 1.66. The number of ether oxygens (including phenoxy) is 4. The molecule has 0 unspecified atom stereocenters. The summed E-state index contributed by atoms with van der Waals surface area (Å²) in [6, 6.07) is 0. The van der Waals surface area contributed by atoms with Crippen molar-refractivity contribution < 1.29 is 28.5 Å². The largest absolute Gasteiger partial charge is 0.391 e. The van der Waals surface area contributed by atoms with E-state index in [1.165, 1.54) is 0 Å². The summed E-state index contributed by atoms with van der Waals surface area (Å²) in [5.41, 5.74) is 8.04. The second-order valence-corrected chi connectivity index (χ2v) is 4.35. The monoisotopic (exact) mass is 316 g/mol. The molecule has 0 radical (unpaired) electrons. The van der Waals surface area contributed by atoms with Crippen molar-refractivity contribution in [3.8, 4) is 0 Å². The van der Waals surface area contributed by atoms with Gasteiger partial charge in [0.1, 0.15) is 0 Å². The maximum Gasteiger partial charge on any atom is 0.327 e. The Hall–Kier alpha value is -1.71. The van der Waals surface area contributed by atoms with Gasteiger partial charge in [-0.25, -0.2) is 0 Å². The molecule has 0 amide bonds. The lowest BCUT2D eigenvalue weighted by molar-refractivity contribution is -0.167. The SMILES string of the molecule is [N-]=[N+]=NCCOCCOCCOCCN1CC(=O)OC(=O)C1. The minimum atomic E-state index is -0.528. The second kappa shape index (κ2) is 11.9. The molecule has 10 heteroatoms. The van der Waals surface area contributed by atoms with Crippen molar-refractivity contribution >= 4 is 11.9 Å². The number of hydrogen-bond acceptors (Lipinski definition) is 8. The Morgan fingerprint density at radius 1 is 1.00 bits per heavy atom. The van der Waals surface area contributed by atoms with Crippen molar-refractivity contribution in [2.45, 2.75) is 0 Å². The van der Waals surface area contributed by atoms with Crippen LogP contribution in [0.15, 0.2) is 5.11 Å². The Labute approximate surface area is 127 Å². The van der Waals surface area contributed by atoms with Gasteiger partial charge < -0.3 is 18.9 Å². The topological polar surface area (TPSA) is 123 Å². The van der Waals surface area contributed by atoms with Crippen molar-refractivity contribution in [2.75, 3.05) is 65.8 Å². The average molecular weight is 316 g/mol. The minimum absolute atomic E-state index is 0.110. The summed E-state index contributed by atoms with van der Waals surface area (Å²) in [6.45, 7) is 3.53. The molecule has 0 atom stereocenters. The van der Waals surface area contributed by atoms with E-state index in [0.717, 1.165) is 0 Å². The van der Waals surface area contributed by atoms with Crippen molar-refractivity contribution in [3.05, 3.63) is 10.4 Å². The fourth-order valence-corrected chi connectivity index (χ4v) is 1.66. The van der Waals surface area contributed by atoms with Crippen LogP contribution in [0.25, 0.3) is 10.4 Å². The zero-order valence-electron chi connectivity index (χ0n) is 12.3. The highest BCUT2D eigenvalue weighted by Crippen LogP contribution is 1.99. The smallest absolute Gasteiger partial charge is 0.327 e. The highest BCUT2D eigenvalue weighted by atomic mass is 16.6. The number of carbonyl (C=O) groups is 2. The normalized spacial score (nSPS) is 15.5. The summed E-state index contributed by atoms with van der Waals surface area (Å²) in [7, 11) is 0. The molecule has 22 heavy (non-hydrogen) atoms. The van der Waals surface area contributed by atoms with Gasteiger partial charge in [-0.05, 0) is 5.53 Å². The van der Waals surface area contributed by atoms with Gasteiger partial charge in [-0.3, -0.25) is 14.5 Å². The van der Waals surface area contributed by atoms with Gasteiger partial charge in [-0.15, -0.1) is 0 Å². The molecule has 0 aromatic rings. The molecule has 1 aliphatic rings. The fraction of sp³-hybridized carbons (Fsp3) is 0.833. The lowest BCUT2D eigenvalue weighted by Gasteiger charge is -2.23. The molecule has 0 aliphatic carbocycles. The Morgan fingerprint density at radius 3 is 2.14 bits per heavy atom. The zero-order valence-corrected chi connectivity index (χ0v) is 12.3. The molecule has 0 N–H and O–H groups in total. The predicted octanol–water partition coefficient (Wildman–Crippen LogP) is -0.268. The first-order chi connectivity index (χ1) is 10.7. The summed E-state index contributed by atoms with van der Waals surface area (Å²) in [4.78, 5) is 26.3. The van der Waals surface area contributed by atoms with Crippen LogP contribution in [-0.4, -0.2) is 82.7 Å². The third-order valence-corrected chi connectivity index (χ3v) is 2.63. The number of rotatable bonds is 12. The predicted molar refractivity (Wildman–Crippen MR) is 74.0 cm³/mol. The molecular weight excluding hydrogens is 296 g/mol. The van der Waals surface area contributed by atoms with E-state index in [1.807, 2.05) is 0 Å². The van der Waals surface area contributed by atoms with Gasteiger partial charge in [-0.1, -0.05) is 5.11 Å². The van der Waals surface area contributed by atoms with Gasteiger partial charge in [0, 0.05) is 18.0 Å². The number of nitrogens with zero attached hydrogens (tertiary/aromatic N) is 4. The molecule has 1 heterocycles. The first kappa shape index (κ1) is 18.3. The van der Waals surface area contributed by atoms with Crippen molar-refractivity contribution in [1.82, 2.24) is 4.90 Å². The molecule has 1 rings (SSSR count). The Balaban J connectivity index is 1.84. The summed E-state index contributed by atoms with van der Waals surface area (Å²) in [6.07, 6.45) is 0. The highest BCUT2D eigenvalue weighted by molar-refractivity contribution is 5.90. The molecule has 1 aliphatic heterocycles. The van der Waals surface area contributed by atoms with Crippen molar-refractivity contribution in [1.29, 1.82) is 0 Å². The van der Waals surface area contributed by atoms with Gasteiger partial charge in [-0.2, -0.15) is 0 Å². The van der Waals surface area contributed by atoms with Gasteiger partial charge in [0.15, 0.2) is 0 Å². The van der Waals surface area contributed by atoms with Crippen LogP contribution in [0.5, 0.6) is 0 Å². The lowest BCUT2D eigenvalue weighted by Crippen LogP contribution is -2.44. The quantitative estimate of drug-likeness (QED) is 0.121. The summed E-state index contributed by atoms with van der Waals surface area (Å²) < 4.78 is 20.2. The standard InChI is InChI=1S/C12H20N4O6/c13-15-14-1-3-19-5-7-21-8-6-20-4-2-16-9-11(17)22-12(18)10-16/h1-10H2. The van der Waals surface area contributed by atoms with E-state index < -0.39 is 11.9 Å². The molecule has 10 nitrogen and oxygen atoms in total. The lowest BCUT2D eigenvalue weighted by atomic mass is 10.4. The minimum Gasteiger partial charge on any atom is -0.391 e. The first-order valence-electron chi connectivity index (χ1n) is 6.92. The Bertz CT molecular complexity index is 383. The molecule has 1 fully saturated rings. The maximum atomic E-state index is 11.0. The molecule has 0 saturated carbocycles. The number of esters is 2. The molecule has 1 saturated heterocycles. The van der Waals surface area contributed by atoms with Gasteiger partial charge in [0.2, 0.25) is 0 Å². The highest BCUT2D eigenvalue weighted by Gasteiger charge is 2.23. The summed E-state index contributed by atoms with van der Waals surface area (Å²) in [5.74, 6) is -1.06. The van der Waals surface area contributed by atoms with Crippen LogP contribution >= 0.6 is 0 Å². The van der Waals surface area contributed by atoms with E-state index >= 15 is 0 Å². The second-order valence-electron chi connectivity index (χ2n) is 4.35. The molecule has 0 aromatic carbocycles. The van der Waals surface area contributed by atoms with Crippen LogP contribution in [0.3, 0.4) is 0 Å². The van der Waals surface area contributed by atoms with E-state index in [9.17, 15) is 9.59 Å². The van der Waals surface area contributed by atoms with Crippen LogP contribution in [0.4, 0.5) is 0 Å². The van der Waals surface area contributed by atoms with E-state index in [2.05, 4.69) is 14.8 Å². The van der Waals surface area contributed by atoms with Crippen LogP contribution < -0.4 is 0 Å². The third kappa shape index (κ3) is 9.27. The summed E-state index contributed by atoms with van der Waals surface area (Å²) in [5, 5.41) is 3.33. The van der Waals surface area contributed by atoms with Gasteiger partial charge in [0.05, 0.1) is 52.7 Å². The average Bonchev–Trinajstić information content (AvgIpc) is 2.47. The molecule has 0 spiro atoms. The molecule has 0 bridgehead atoms. The molecular formula is C12H20N4O6. The number of cyclic esters (lactones) is 2. The van der Waals surface area contributed by atoms with Gasteiger partial charge >= 0.3 is 11.9 Å². The van der Waals surface area contributed by atoms with Crippen LogP contribution in [0, 0.1) is 0 Å².